The summed E-state index contributed by atoms with van der Waals surface area (Å²) >= 11 is 0. The first kappa shape index (κ1) is 22.3. The van der Waals surface area contributed by atoms with Gasteiger partial charge in [0.2, 0.25) is 11.9 Å². The van der Waals surface area contributed by atoms with Crippen LogP contribution in [-0.4, -0.2) is 4.98 Å². The fraction of sp³-hybridized carbons (Fsp3) is 0.731. The lowest BCUT2D eigenvalue weighted by molar-refractivity contribution is 0.153. The van der Waals surface area contributed by atoms with Crippen LogP contribution in [0.1, 0.15) is 102 Å². The Bertz CT molecular complexity index is 674. The van der Waals surface area contributed by atoms with Crippen LogP contribution in [0.25, 0.3) is 0 Å². The molecular weight excluding hydrogens is 364 g/mol. The van der Waals surface area contributed by atoms with Crippen molar-refractivity contribution in [2.45, 2.75) is 96.8 Å². The van der Waals surface area contributed by atoms with Gasteiger partial charge in [-0.25, -0.2) is 0 Å². The minimum atomic E-state index is -0.798. The van der Waals surface area contributed by atoms with Crippen molar-refractivity contribution in [3.63, 3.8) is 0 Å². The Kier molecular flexibility index (Phi) is 8.96. The average Bonchev–Trinajstić information content (AvgIpc) is 2.74. The summed E-state index contributed by atoms with van der Waals surface area (Å²) in [6.07, 6.45) is 18.9. The molecule has 160 valence electrons. The SMILES string of the molecule is CCCCCCC[C@H]1CC[C@H]([C@H]2CC[C@H](C#Cc3ccc(F)nc3F)CC2)CC1. The summed E-state index contributed by atoms with van der Waals surface area (Å²) in [5, 5.41) is 0. The Balaban J connectivity index is 1.36. The van der Waals surface area contributed by atoms with Gasteiger partial charge in [-0.1, -0.05) is 70.1 Å². The standard InChI is InChI=1S/C26H37F2N/c1-2-3-4-5-6-7-20-8-13-22(14-9-20)23-15-10-21(11-16-23)12-17-24-18-19-25(27)29-26(24)28/h18-23H,2-11,13-16H2,1H3/t20-,21-,22-,23-. The Morgan fingerprint density at radius 1 is 0.862 bits per heavy atom. The molecule has 2 aliphatic rings. The van der Waals surface area contributed by atoms with Crippen molar-refractivity contribution in [1.82, 2.24) is 4.98 Å². The topological polar surface area (TPSA) is 12.9 Å². The molecule has 3 rings (SSSR count). The van der Waals surface area contributed by atoms with Crippen LogP contribution < -0.4 is 0 Å². The fourth-order valence-electron chi connectivity index (χ4n) is 5.40. The second-order valence-electron chi connectivity index (χ2n) is 9.34. The molecule has 0 spiro atoms. The van der Waals surface area contributed by atoms with Gasteiger partial charge in [0.1, 0.15) is 0 Å². The van der Waals surface area contributed by atoms with Crippen LogP contribution in [0, 0.1) is 47.4 Å². The van der Waals surface area contributed by atoms with Gasteiger partial charge in [0, 0.05) is 5.92 Å². The van der Waals surface area contributed by atoms with Crippen molar-refractivity contribution in [3.05, 3.63) is 29.6 Å². The van der Waals surface area contributed by atoms with E-state index < -0.39 is 11.9 Å². The molecular formula is C26H37F2N. The molecule has 1 aromatic heterocycles. The van der Waals surface area contributed by atoms with Crippen molar-refractivity contribution in [3.8, 4) is 11.8 Å². The average molecular weight is 402 g/mol. The highest BCUT2D eigenvalue weighted by molar-refractivity contribution is 5.33. The second-order valence-corrected chi connectivity index (χ2v) is 9.34. The molecule has 0 amide bonds. The minimum absolute atomic E-state index is 0.210. The lowest BCUT2D eigenvalue weighted by Crippen LogP contribution is -2.25. The van der Waals surface area contributed by atoms with E-state index in [2.05, 4.69) is 23.7 Å². The van der Waals surface area contributed by atoms with Crippen LogP contribution in [0.2, 0.25) is 0 Å². The summed E-state index contributed by atoms with van der Waals surface area (Å²) in [5.74, 6) is 7.62. The summed E-state index contributed by atoms with van der Waals surface area (Å²) in [5.41, 5.74) is 0.210. The van der Waals surface area contributed by atoms with Crippen LogP contribution in [0.3, 0.4) is 0 Å². The van der Waals surface area contributed by atoms with Gasteiger partial charge in [-0.3, -0.25) is 0 Å². The molecule has 0 radical (unpaired) electrons. The van der Waals surface area contributed by atoms with E-state index in [4.69, 9.17) is 0 Å². The highest BCUT2D eigenvalue weighted by atomic mass is 19.1. The maximum atomic E-state index is 13.6. The summed E-state index contributed by atoms with van der Waals surface area (Å²) in [6, 6.07) is 2.56. The van der Waals surface area contributed by atoms with Crippen molar-refractivity contribution in [2.24, 2.45) is 23.7 Å². The van der Waals surface area contributed by atoms with E-state index in [9.17, 15) is 8.78 Å². The van der Waals surface area contributed by atoms with Crippen LogP contribution in [0.15, 0.2) is 12.1 Å². The molecule has 1 aromatic rings. The van der Waals surface area contributed by atoms with E-state index >= 15 is 0 Å². The van der Waals surface area contributed by atoms with Gasteiger partial charge in [0.15, 0.2) is 0 Å². The number of halogens is 2. The van der Waals surface area contributed by atoms with Gasteiger partial charge in [-0.15, -0.1) is 0 Å². The number of aromatic nitrogens is 1. The third-order valence-corrected chi connectivity index (χ3v) is 7.27. The quantitative estimate of drug-likeness (QED) is 0.259. The zero-order valence-corrected chi connectivity index (χ0v) is 18.1. The smallest absolute Gasteiger partial charge is 0.189 e. The number of hydrogen-bond donors (Lipinski definition) is 0. The molecule has 0 aliphatic heterocycles. The molecule has 1 heterocycles. The van der Waals surface area contributed by atoms with E-state index in [0.717, 1.165) is 30.6 Å². The molecule has 29 heavy (non-hydrogen) atoms. The van der Waals surface area contributed by atoms with Crippen LogP contribution >= 0.6 is 0 Å². The molecule has 0 N–H and O–H groups in total. The van der Waals surface area contributed by atoms with Crippen LogP contribution in [-0.2, 0) is 0 Å². The van der Waals surface area contributed by atoms with E-state index in [0.29, 0.717) is 5.92 Å². The molecule has 1 nitrogen and oxygen atoms in total. The molecule has 2 saturated carbocycles. The second kappa shape index (κ2) is 11.7. The minimum Gasteiger partial charge on any atom is -0.189 e. The zero-order chi connectivity index (χ0) is 20.5. The first-order chi connectivity index (χ1) is 14.2. The molecule has 0 atom stereocenters. The van der Waals surface area contributed by atoms with E-state index in [-0.39, 0.29) is 5.56 Å². The maximum Gasteiger partial charge on any atom is 0.231 e. The normalized spacial score (nSPS) is 27.3. The van der Waals surface area contributed by atoms with Gasteiger partial charge in [-0.05, 0) is 68.4 Å². The predicted molar refractivity (Wildman–Crippen MR) is 115 cm³/mol. The maximum absolute atomic E-state index is 13.6. The van der Waals surface area contributed by atoms with Crippen molar-refractivity contribution < 1.29 is 8.78 Å². The van der Waals surface area contributed by atoms with E-state index in [1.807, 2.05) is 0 Å². The van der Waals surface area contributed by atoms with Gasteiger partial charge >= 0.3 is 0 Å². The lowest BCUT2D eigenvalue weighted by atomic mass is 9.69. The fourth-order valence-corrected chi connectivity index (χ4v) is 5.40. The monoisotopic (exact) mass is 401 g/mol. The lowest BCUT2D eigenvalue weighted by Gasteiger charge is -2.37. The molecule has 2 fully saturated rings. The molecule has 3 heteroatoms. The first-order valence-electron chi connectivity index (χ1n) is 12.0. The zero-order valence-electron chi connectivity index (χ0n) is 18.1. The van der Waals surface area contributed by atoms with E-state index in [1.54, 1.807) is 0 Å². The van der Waals surface area contributed by atoms with Crippen molar-refractivity contribution >= 4 is 0 Å². The number of nitrogens with zero attached hydrogens (tertiary/aromatic N) is 1. The summed E-state index contributed by atoms with van der Waals surface area (Å²) in [6.45, 7) is 2.28. The van der Waals surface area contributed by atoms with Gasteiger partial charge in [-0.2, -0.15) is 13.8 Å². The highest BCUT2D eigenvalue weighted by Crippen LogP contribution is 2.42. The Hall–Kier alpha value is -1.43. The van der Waals surface area contributed by atoms with Crippen LogP contribution in [0.4, 0.5) is 8.78 Å². The summed E-state index contributed by atoms with van der Waals surface area (Å²) < 4.78 is 26.5. The van der Waals surface area contributed by atoms with Crippen LogP contribution in [0.5, 0.6) is 0 Å². The third-order valence-electron chi connectivity index (χ3n) is 7.27. The first-order valence-corrected chi connectivity index (χ1v) is 12.0. The Morgan fingerprint density at radius 2 is 1.52 bits per heavy atom. The Labute approximate surface area is 176 Å². The van der Waals surface area contributed by atoms with Crippen molar-refractivity contribution in [2.75, 3.05) is 0 Å². The summed E-state index contributed by atoms with van der Waals surface area (Å²) in [4.78, 5) is 3.21. The largest absolute Gasteiger partial charge is 0.231 e. The highest BCUT2D eigenvalue weighted by Gasteiger charge is 2.30. The van der Waals surface area contributed by atoms with Gasteiger partial charge in [0.05, 0.1) is 5.56 Å². The molecule has 0 saturated heterocycles. The molecule has 0 bridgehead atoms. The van der Waals surface area contributed by atoms with Crippen molar-refractivity contribution in [1.29, 1.82) is 0 Å². The summed E-state index contributed by atoms with van der Waals surface area (Å²) in [7, 11) is 0. The number of pyridine rings is 1. The Morgan fingerprint density at radius 3 is 2.17 bits per heavy atom. The number of hydrogen-bond acceptors (Lipinski definition) is 1. The number of rotatable bonds is 7. The third kappa shape index (κ3) is 7.09. The molecule has 2 aliphatic carbocycles. The van der Waals surface area contributed by atoms with Gasteiger partial charge < -0.3 is 0 Å². The van der Waals surface area contributed by atoms with Gasteiger partial charge in [0.25, 0.3) is 0 Å². The van der Waals surface area contributed by atoms with E-state index in [1.165, 1.54) is 89.2 Å². The predicted octanol–water partition coefficient (Wildman–Crippen LogP) is 7.68. The molecule has 0 aromatic carbocycles. The molecule has 0 unspecified atom stereocenters. The number of unbranched alkanes of at least 4 members (excludes halogenated alkanes) is 4.